The largest absolute Gasteiger partial charge is 0.367 e. The molecule has 1 aliphatic heterocycles. The van der Waals surface area contributed by atoms with Crippen molar-refractivity contribution in [3.05, 3.63) is 23.8 Å². The van der Waals surface area contributed by atoms with E-state index in [0.29, 0.717) is 12.1 Å². The van der Waals surface area contributed by atoms with Crippen molar-refractivity contribution in [2.75, 3.05) is 23.7 Å². The summed E-state index contributed by atoms with van der Waals surface area (Å²) in [4.78, 5) is 3.44. The highest BCUT2D eigenvalue weighted by atomic mass is 32.2. The molecule has 102 valence electrons. The third kappa shape index (κ3) is 3.23. The molecule has 0 aromatic heterocycles. The number of anilines is 1. The van der Waals surface area contributed by atoms with Crippen LogP contribution in [-0.4, -0.2) is 30.9 Å². The van der Waals surface area contributed by atoms with Gasteiger partial charge in [0.25, 0.3) is 0 Å². The second-order valence-electron chi connectivity index (χ2n) is 5.07. The quantitative estimate of drug-likeness (QED) is 0.861. The normalized spacial score (nSPS) is 23.2. The average molecular weight is 275 g/mol. The average Bonchev–Trinajstić information content (AvgIpc) is 2.37. The first-order chi connectivity index (χ1) is 9.15. The number of hydrogen-bond acceptors (Lipinski definition) is 4. The Morgan fingerprint density at radius 1 is 1.37 bits per heavy atom. The molecule has 1 N–H and O–H groups in total. The Bertz CT molecular complexity index is 471. The Hall–Kier alpha value is -1.18. The second kappa shape index (κ2) is 6.31. The molecular weight excluding hydrogens is 254 g/mol. The van der Waals surface area contributed by atoms with Gasteiger partial charge in [-0.2, -0.15) is 5.26 Å². The summed E-state index contributed by atoms with van der Waals surface area (Å²) in [5.74, 6) is 0.993. The number of thioether (sulfide) groups is 1. The summed E-state index contributed by atoms with van der Waals surface area (Å²) in [7, 11) is 0. The Balaban J connectivity index is 2.33. The second-order valence-corrected chi connectivity index (χ2v) is 6.37. The van der Waals surface area contributed by atoms with Crippen LogP contribution in [0.2, 0.25) is 0 Å². The minimum Gasteiger partial charge on any atom is -0.367 e. The van der Waals surface area contributed by atoms with Gasteiger partial charge >= 0.3 is 0 Å². The van der Waals surface area contributed by atoms with E-state index in [0.717, 1.165) is 35.0 Å². The lowest BCUT2D eigenvalue weighted by molar-refractivity contribution is 0.407. The molecule has 2 atom stereocenters. The van der Waals surface area contributed by atoms with E-state index in [4.69, 9.17) is 0 Å². The minimum atomic E-state index is 0.456. The lowest BCUT2D eigenvalue weighted by Crippen LogP contribution is -2.54. The first-order valence-corrected chi connectivity index (χ1v) is 7.81. The third-order valence-corrected chi connectivity index (χ3v) is 4.25. The van der Waals surface area contributed by atoms with Crippen LogP contribution in [0.25, 0.3) is 0 Å². The topological polar surface area (TPSA) is 39.1 Å². The monoisotopic (exact) mass is 275 g/mol. The van der Waals surface area contributed by atoms with Crippen LogP contribution in [0.4, 0.5) is 5.69 Å². The standard InChI is InChI=1S/C15H21N3S/c1-4-19-15-7-5-6-14(13(15)8-16)18-9-11(2)17-12(3)10-18/h5-7,11-12,17H,4,9-10H2,1-3H3. The van der Waals surface area contributed by atoms with E-state index >= 15 is 0 Å². The van der Waals surface area contributed by atoms with E-state index < -0.39 is 0 Å². The van der Waals surface area contributed by atoms with Crippen LogP contribution in [0.3, 0.4) is 0 Å². The lowest BCUT2D eigenvalue weighted by Gasteiger charge is -2.38. The number of hydrogen-bond donors (Lipinski definition) is 1. The molecule has 0 bridgehead atoms. The molecule has 1 heterocycles. The van der Waals surface area contributed by atoms with E-state index in [9.17, 15) is 5.26 Å². The Morgan fingerprint density at radius 2 is 2.05 bits per heavy atom. The van der Waals surface area contributed by atoms with Crippen LogP contribution in [0.5, 0.6) is 0 Å². The van der Waals surface area contributed by atoms with Gasteiger partial charge in [0, 0.05) is 30.1 Å². The summed E-state index contributed by atoms with van der Waals surface area (Å²) in [6, 6.07) is 9.49. The summed E-state index contributed by atoms with van der Waals surface area (Å²) >= 11 is 1.74. The highest BCUT2D eigenvalue weighted by molar-refractivity contribution is 7.99. The van der Waals surface area contributed by atoms with E-state index in [1.165, 1.54) is 0 Å². The number of nitrogens with zero attached hydrogens (tertiary/aromatic N) is 2. The van der Waals surface area contributed by atoms with Crippen LogP contribution in [0, 0.1) is 11.3 Å². The molecule has 4 heteroatoms. The van der Waals surface area contributed by atoms with Gasteiger partial charge in [-0.1, -0.05) is 13.0 Å². The Morgan fingerprint density at radius 3 is 2.63 bits per heavy atom. The molecule has 1 saturated heterocycles. The molecule has 2 rings (SSSR count). The van der Waals surface area contributed by atoms with Gasteiger partial charge in [0.05, 0.1) is 11.3 Å². The molecule has 0 saturated carbocycles. The summed E-state index contributed by atoms with van der Waals surface area (Å²) < 4.78 is 0. The number of nitriles is 1. The molecule has 0 amide bonds. The zero-order valence-corrected chi connectivity index (χ0v) is 12.6. The molecule has 2 unspecified atom stereocenters. The first-order valence-electron chi connectivity index (χ1n) is 6.82. The Kier molecular flexibility index (Phi) is 4.73. The van der Waals surface area contributed by atoms with E-state index in [-0.39, 0.29) is 0 Å². The number of benzene rings is 1. The summed E-state index contributed by atoms with van der Waals surface area (Å²) in [5.41, 5.74) is 1.91. The van der Waals surface area contributed by atoms with Crippen molar-refractivity contribution in [1.82, 2.24) is 5.32 Å². The zero-order valence-electron chi connectivity index (χ0n) is 11.8. The van der Waals surface area contributed by atoms with Crippen molar-refractivity contribution >= 4 is 17.4 Å². The van der Waals surface area contributed by atoms with Crippen molar-refractivity contribution in [2.45, 2.75) is 37.8 Å². The number of piperazine rings is 1. The molecule has 3 nitrogen and oxygen atoms in total. The molecule has 0 radical (unpaired) electrons. The van der Waals surface area contributed by atoms with Gasteiger partial charge in [0.1, 0.15) is 6.07 Å². The fourth-order valence-electron chi connectivity index (χ4n) is 2.69. The van der Waals surface area contributed by atoms with Gasteiger partial charge in [-0.15, -0.1) is 11.8 Å². The van der Waals surface area contributed by atoms with Crippen LogP contribution >= 0.6 is 11.8 Å². The fourth-order valence-corrected chi connectivity index (χ4v) is 3.48. The minimum absolute atomic E-state index is 0.456. The molecule has 19 heavy (non-hydrogen) atoms. The van der Waals surface area contributed by atoms with Gasteiger partial charge in [-0.25, -0.2) is 0 Å². The van der Waals surface area contributed by atoms with Crippen molar-refractivity contribution in [2.24, 2.45) is 0 Å². The molecule has 1 fully saturated rings. The molecular formula is C15H21N3S. The molecule has 1 aromatic carbocycles. The third-order valence-electron chi connectivity index (χ3n) is 3.31. The van der Waals surface area contributed by atoms with Gasteiger partial charge in [0.2, 0.25) is 0 Å². The maximum absolute atomic E-state index is 9.48. The van der Waals surface area contributed by atoms with Crippen LogP contribution in [0.1, 0.15) is 26.3 Å². The maximum atomic E-state index is 9.48. The summed E-state index contributed by atoms with van der Waals surface area (Å²) in [6.45, 7) is 8.42. The molecule has 1 aromatic rings. The van der Waals surface area contributed by atoms with Crippen LogP contribution < -0.4 is 10.2 Å². The lowest BCUT2D eigenvalue weighted by atomic mass is 10.1. The highest BCUT2D eigenvalue weighted by Crippen LogP contribution is 2.31. The van der Waals surface area contributed by atoms with Crippen LogP contribution in [0.15, 0.2) is 23.1 Å². The van der Waals surface area contributed by atoms with Gasteiger partial charge < -0.3 is 10.2 Å². The summed E-state index contributed by atoms with van der Waals surface area (Å²) in [6.07, 6.45) is 0. The molecule has 0 aliphatic carbocycles. The molecule has 0 spiro atoms. The zero-order chi connectivity index (χ0) is 13.8. The molecule has 1 aliphatic rings. The first kappa shape index (κ1) is 14.2. The smallest absolute Gasteiger partial charge is 0.103 e. The van der Waals surface area contributed by atoms with Crippen molar-refractivity contribution in [1.29, 1.82) is 5.26 Å². The van der Waals surface area contributed by atoms with E-state index in [1.807, 2.05) is 6.07 Å². The predicted octanol–water partition coefficient (Wildman–Crippen LogP) is 2.86. The van der Waals surface area contributed by atoms with E-state index in [2.05, 4.69) is 49.2 Å². The van der Waals surface area contributed by atoms with Crippen molar-refractivity contribution in [3.63, 3.8) is 0 Å². The van der Waals surface area contributed by atoms with Crippen molar-refractivity contribution < 1.29 is 0 Å². The van der Waals surface area contributed by atoms with E-state index in [1.54, 1.807) is 11.8 Å². The number of nitrogens with one attached hydrogen (secondary N) is 1. The predicted molar refractivity (Wildman–Crippen MR) is 81.8 cm³/mol. The van der Waals surface area contributed by atoms with Gasteiger partial charge in [-0.3, -0.25) is 0 Å². The van der Waals surface area contributed by atoms with Gasteiger partial charge in [0.15, 0.2) is 0 Å². The Labute approximate surface area is 120 Å². The number of rotatable bonds is 3. The summed E-state index contributed by atoms with van der Waals surface area (Å²) in [5, 5.41) is 13.0. The van der Waals surface area contributed by atoms with Gasteiger partial charge in [-0.05, 0) is 31.7 Å². The SMILES string of the molecule is CCSc1cccc(N2CC(C)NC(C)C2)c1C#N. The van der Waals surface area contributed by atoms with Crippen molar-refractivity contribution in [3.8, 4) is 6.07 Å². The van der Waals surface area contributed by atoms with Crippen LogP contribution in [-0.2, 0) is 0 Å². The highest BCUT2D eigenvalue weighted by Gasteiger charge is 2.23. The maximum Gasteiger partial charge on any atom is 0.103 e. The fraction of sp³-hybridized carbons (Fsp3) is 0.533.